The minimum atomic E-state index is -0.281. The van der Waals surface area contributed by atoms with Crippen LogP contribution in [0.2, 0.25) is 5.02 Å². The molecule has 0 fully saturated rings. The van der Waals surface area contributed by atoms with Gasteiger partial charge in [0.1, 0.15) is 5.75 Å². The second-order valence-corrected chi connectivity index (χ2v) is 10.5. The molecule has 0 aliphatic carbocycles. The van der Waals surface area contributed by atoms with E-state index in [9.17, 15) is 4.79 Å². The molecule has 1 unspecified atom stereocenters. The lowest BCUT2D eigenvalue weighted by molar-refractivity contribution is -0.113. The average molecular weight is 501 g/mol. The molecule has 0 spiro atoms. The van der Waals surface area contributed by atoms with Gasteiger partial charge in [0.05, 0.1) is 5.75 Å². The number of hydrogen-bond acceptors (Lipinski definition) is 5. The number of nitrogens with zero attached hydrogens (tertiary/aromatic N) is 3. The van der Waals surface area contributed by atoms with Gasteiger partial charge in [-0.25, -0.2) is 0 Å². The number of anilines is 1. The van der Waals surface area contributed by atoms with Crippen molar-refractivity contribution in [3.05, 3.63) is 64.4 Å². The first-order valence-electron chi connectivity index (χ1n) is 11.5. The molecule has 0 aliphatic heterocycles. The average Bonchev–Trinajstić information content (AvgIpc) is 3.16. The summed E-state index contributed by atoms with van der Waals surface area (Å²) in [6.07, 6.45) is -0.281. The Hall–Kier alpha value is -2.51. The van der Waals surface area contributed by atoms with Gasteiger partial charge in [0, 0.05) is 17.3 Å². The maximum Gasteiger partial charge on any atom is 0.234 e. The number of amides is 1. The van der Waals surface area contributed by atoms with E-state index in [1.165, 1.54) is 17.3 Å². The second-order valence-electron chi connectivity index (χ2n) is 9.13. The predicted octanol–water partition coefficient (Wildman–Crippen LogP) is 6.89. The fraction of sp³-hybridized carbons (Fsp3) is 0.423. The van der Waals surface area contributed by atoms with E-state index >= 15 is 0 Å². The van der Waals surface area contributed by atoms with Gasteiger partial charge < -0.3 is 14.6 Å². The Bertz CT molecular complexity index is 1110. The van der Waals surface area contributed by atoms with E-state index in [2.05, 4.69) is 59.9 Å². The van der Waals surface area contributed by atoms with Gasteiger partial charge in [0.2, 0.25) is 5.91 Å². The molecular formula is C26H33ClN4O2S. The Labute approximate surface area is 211 Å². The van der Waals surface area contributed by atoms with E-state index in [0.29, 0.717) is 22.0 Å². The summed E-state index contributed by atoms with van der Waals surface area (Å²) in [6, 6.07) is 13.6. The molecule has 1 N–H and O–H groups in total. The number of carbonyl (C=O) groups is 1. The van der Waals surface area contributed by atoms with Gasteiger partial charge in [-0.05, 0) is 67.1 Å². The van der Waals surface area contributed by atoms with Crippen molar-refractivity contribution in [2.45, 2.75) is 65.3 Å². The van der Waals surface area contributed by atoms with Crippen LogP contribution in [0, 0.1) is 12.8 Å². The number of aromatic nitrogens is 3. The van der Waals surface area contributed by atoms with Crippen molar-refractivity contribution < 1.29 is 9.53 Å². The van der Waals surface area contributed by atoms with E-state index in [1.54, 1.807) is 6.07 Å². The van der Waals surface area contributed by atoms with E-state index < -0.39 is 0 Å². The van der Waals surface area contributed by atoms with Gasteiger partial charge in [-0.15, -0.1) is 10.2 Å². The molecule has 1 atom stereocenters. The number of ether oxygens (including phenoxy) is 1. The van der Waals surface area contributed by atoms with Crippen LogP contribution in [-0.2, 0) is 11.3 Å². The zero-order valence-electron chi connectivity index (χ0n) is 20.6. The Kier molecular flexibility index (Phi) is 9.03. The summed E-state index contributed by atoms with van der Waals surface area (Å²) >= 11 is 7.38. The highest BCUT2D eigenvalue weighted by molar-refractivity contribution is 7.99. The monoisotopic (exact) mass is 500 g/mol. The lowest BCUT2D eigenvalue weighted by Gasteiger charge is -2.18. The lowest BCUT2D eigenvalue weighted by Crippen LogP contribution is -2.17. The summed E-state index contributed by atoms with van der Waals surface area (Å²) in [4.78, 5) is 12.6. The number of carbonyl (C=O) groups excluding carboxylic acids is 1. The molecule has 1 amide bonds. The van der Waals surface area contributed by atoms with Crippen LogP contribution in [0.15, 0.2) is 47.6 Å². The summed E-state index contributed by atoms with van der Waals surface area (Å²) in [7, 11) is 0. The Morgan fingerprint density at radius 1 is 1.09 bits per heavy atom. The zero-order chi connectivity index (χ0) is 24.8. The van der Waals surface area contributed by atoms with Gasteiger partial charge in [0.15, 0.2) is 17.1 Å². The van der Waals surface area contributed by atoms with Crippen molar-refractivity contribution >= 4 is 35.0 Å². The number of thioether (sulfide) groups is 1. The van der Waals surface area contributed by atoms with Crippen LogP contribution in [0.25, 0.3) is 0 Å². The molecule has 0 saturated carbocycles. The summed E-state index contributed by atoms with van der Waals surface area (Å²) in [6.45, 7) is 13.3. The second kappa shape index (κ2) is 11.8. The molecule has 8 heteroatoms. The molecule has 3 aromatic rings. The molecular weight excluding hydrogens is 468 g/mol. The van der Waals surface area contributed by atoms with Crippen LogP contribution in [0.3, 0.4) is 0 Å². The van der Waals surface area contributed by atoms with Crippen molar-refractivity contribution in [1.29, 1.82) is 0 Å². The quantitative estimate of drug-likeness (QED) is 0.307. The van der Waals surface area contributed by atoms with Crippen LogP contribution in [-0.4, -0.2) is 26.4 Å². The summed E-state index contributed by atoms with van der Waals surface area (Å²) in [5.74, 6) is 2.52. The SMILES string of the molecule is Cc1cc(Cl)ccc1NC(=O)CSc1nnc(C(C)Oc2ccc(C(C)C)cc2)n1CC(C)C. The van der Waals surface area contributed by atoms with E-state index in [1.807, 2.05) is 38.1 Å². The van der Waals surface area contributed by atoms with Crippen molar-refractivity contribution in [3.8, 4) is 5.75 Å². The van der Waals surface area contributed by atoms with Gasteiger partial charge in [0.25, 0.3) is 0 Å². The third-order valence-corrected chi connectivity index (χ3v) is 6.51. The molecule has 34 heavy (non-hydrogen) atoms. The summed E-state index contributed by atoms with van der Waals surface area (Å²) in [5, 5.41) is 13.1. The Morgan fingerprint density at radius 3 is 2.41 bits per heavy atom. The molecule has 0 bridgehead atoms. The first-order valence-corrected chi connectivity index (χ1v) is 12.9. The zero-order valence-corrected chi connectivity index (χ0v) is 22.2. The number of nitrogens with one attached hydrogen (secondary N) is 1. The molecule has 0 aliphatic rings. The molecule has 0 radical (unpaired) electrons. The van der Waals surface area contributed by atoms with Crippen LogP contribution in [0.4, 0.5) is 5.69 Å². The third kappa shape index (κ3) is 7.00. The van der Waals surface area contributed by atoms with E-state index in [-0.39, 0.29) is 17.8 Å². The molecule has 6 nitrogen and oxygen atoms in total. The normalized spacial score (nSPS) is 12.3. The molecule has 1 heterocycles. The molecule has 2 aromatic carbocycles. The highest BCUT2D eigenvalue weighted by Gasteiger charge is 2.21. The Morgan fingerprint density at radius 2 is 1.79 bits per heavy atom. The number of hydrogen-bond donors (Lipinski definition) is 1. The van der Waals surface area contributed by atoms with Crippen molar-refractivity contribution in [2.24, 2.45) is 5.92 Å². The lowest BCUT2D eigenvalue weighted by atomic mass is 10.0. The van der Waals surface area contributed by atoms with Crippen LogP contribution in [0.5, 0.6) is 5.75 Å². The smallest absolute Gasteiger partial charge is 0.234 e. The minimum absolute atomic E-state index is 0.106. The molecule has 1 aromatic heterocycles. The highest BCUT2D eigenvalue weighted by atomic mass is 35.5. The van der Waals surface area contributed by atoms with Crippen molar-refractivity contribution in [3.63, 3.8) is 0 Å². The van der Waals surface area contributed by atoms with E-state index in [0.717, 1.165) is 29.4 Å². The third-order valence-electron chi connectivity index (χ3n) is 5.31. The first-order chi connectivity index (χ1) is 16.1. The summed E-state index contributed by atoms with van der Waals surface area (Å²) < 4.78 is 8.23. The molecule has 0 saturated heterocycles. The number of aryl methyl sites for hydroxylation is 1. The fourth-order valence-electron chi connectivity index (χ4n) is 3.52. The minimum Gasteiger partial charge on any atom is -0.483 e. The fourth-order valence-corrected chi connectivity index (χ4v) is 4.50. The standard InChI is InChI=1S/C26H33ClN4O2S/c1-16(2)14-31-25(19(6)33-22-10-7-20(8-11-22)17(3)4)29-30-26(31)34-15-24(32)28-23-12-9-21(27)13-18(23)5/h7-13,16-17,19H,14-15H2,1-6H3,(H,28,32). The maximum atomic E-state index is 12.6. The highest BCUT2D eigenvalue weighted by Crippen LogP contribution is 2.27. The van der Waals surface area contributed by atoms with Crippen LogP contribution < -0.4 is 10.1 Å². The summed E-state index contributed by atoms with van der Waals surface area (Å²) in [5.41, 5.74) is 2.95. The van der Waals surface area contributed by atoms with Crippen LogP contribution in [0.1, 0.15) is 63.6 Å². The number of rotatable bonds is 10. The van der Waals surface area contributed by atoms with Crippen molar-refractivity contribution in [2.75, 3.05) is 11.1 Å². The largest absolute Gasteiger partial charge is 0.483 e. The van der Waals surface area contributed by atoms with Crippen LogP contribution >= 0.6 is 23.4 Å². The van der Waals surface area contributed by atoms with E-state index in [4.69, 9.17) is 16.3 Å². The topological polar surface area (TPSA) is 69.0 Å². The number of halogens is 1. The van der Waals surface area contributed by atoms with Gasteiger partial charge >= 0.3 is 0 Å². The van der Waals surface area contributed by atoms with Crippen molar-refractivity contribution in [1.82, 2.24) is 14.8 Å². The molecule has 182 valence electrons. The number of benzene rings is 2. The van der Waals surface area contributed by atoms with Gasteiger partial charge in [-0.3, -0.25) is 4.79 Å². The van der Waals surface area contributed by atoms with Gasteiger partial charge in [-0.2, -0.15) is 0 Å². The van der Waals surface area contributed by atoms with Gasteiger partial charge in [-0.1, -0.05) is 63.2 Å². The first kappa shape index (κ1) is 26.1. The maximum absolute atomic E-state index is 12.6. The molecule has 3 rings (SSSR count). The predicted molar refractivity (Wildman–Crippen MR) is 140 cm³/mol. The Balaban J connectivity index is 1.69.